The standard InChI is InChI=1S/C17H13ClF2N2O2/c1-10-16(23)21(9-13-14(18)3-2-4-15(13)20)17(24)22(10)12-7-5-11(19)6-8-12/h2-8,10H,9H2,1H3/t10-/m1/s1. The van der Waals surface area contributed by atoms with Gasteiger partial charge in [-0.05, 0) is 43.3 Å². The third-order valence-electron chi connectivity index (χ3n) is 3.93. The van der Waals surface area contributed by atoms with Crippen LogP contribution in [0.25, 0.3) is 0 Å². The molecule has 1 aliphatic heterocycles. The fraction of sp³-hybridized carbons (Fsp3) is 0.176. The van der Waals surface area contributed by atoms with Crippen LogP contribution in [0, 0.1) is 11.6 Å². The molecule has 1 fully saturated rings. The van der Waals surface area contributed by atoms with Crippen LogP contribution in [0.4, 0.5) is 19.3 Å². The van der Waals surface area contributed by atoms with E-state index in [0.717, 1.165) is 4.90 Å². The number of hydrogen-bond acceptors (Lipinski definition) is 2. The summed E-state index contributed by atoms with van der Waals surface area (Å²) in [5.41, 5.74) is 0.471. The lowest BCUT2D eigenvalue weighted by molar-refractivity contribution is -0.127. The number of amides is 3. The van der Waals surface area contributed by atoms with Crippen LogP contribution in [0.1, 0.15) is 12.5 Å². The molecular formula is C17H13ClF2N2O2. The van der Waals surface area contributed by atoms with Gasteiger partial charge in [-0.3, -0.25) is 14.6 Å². The van der Waals surface area contributed by atoms with Gasteiger partial charge in [-0.2, -0.15) is 0 Å². The lowest BCUT2D eigenvalue weighted by atomic mass is 10.2. The summed E-state index contributed by atoms with van der Waals surface area (Å²) in [6.45, 7) is 1.30. The van der Waals surface area contributed by atoms with Crippen LogP contribution >= 0.6 is 11.6 Å². The maximum absolute atomic E-state index is 13.9. The van der Waals surface area contributed by atoms with E-state index in [-0.39, 0.29) is 17.1 Å². The van der Waals surface area contributed by atoms with Gasteiger partial charge >= 0.3 is 6.03 Å². The summed E-state index contributed by atoms with van der Waals surface area (Å²) < 4.78 is 27.0. The average Bonchev–Trinajstić information content (AvgIpc) is 2.75. The van der Waals surface area contributed by atoms with Crippen molar-refractivity contribution in [2.75, 3.05) is 4.90 Å². The number of nitrogens with zero attached hydrogens (tertiary/aromatic N) is 2. The lowest BCUT2D eigenvalue weighted by Crippen LogP contribution is -2.33. The van der Waals surface area contributed by atoms with E-state index in [1.54, 1.807) is 6.92 Å². The van der Waals surface area contributed by atoms with Gasteiger partial charge in [0.2, 0.25) is 0 Å². The predicted octanol–water partition coefficient (Wildman–Crippen LogP) is 3.98. The fourth-order valence-corrected chi connectivity index (χ4v) is 2.87. The topological polar surface area (TPSA) is 40.6 Å². The van der Waals surface area contributed by atoms with Crippen molar-refractivity contribution in [1.82, 2.24) is 4.90 Å². The Morgan fingerprint density at radius 3 is 2.38 bits per heavy atom. The van der Waals surface area contributed by atoms with Crippen LogP contribution in [-0.2, 0) is 11.3 Å². The monoisotopic (exact) mass is 350 g/mol. The number of carbonyl (C=O) groups excluding carboxylic acids is 2. The van der Waals surface area contributed by atoms with E-state index in [9.17, 15) is 18.4 Å². The summed E-state index contributed by atoms with van der Waals surface area (Å²) in [4.78, 5) is 27.2. The number of halogens is 3. The number of imide groups is 1. The number of rotatable bonds is 3. The Balaban J connectivity index is 1.92. The molecule has 0 aromatic heterocycles. The maximum Gasteiger partial charge on any atom is 0.332 e. The Morgan fingerprint density at radius 2 is 1.75 bits per heavy atom. The normalized spacial score (nSPS) is 17.8. The van der Waals surface area contributed by atoms with Gasteiger partial charge in [-0.25, -0.2) is 13.6 Å². The summed E-state index contributed by atoms with van der Waals surface area (Å²) in [5.74, 6) is -1.50. The number of benzene rings is 2. The molecule has 0 unspecified atom stereocenters. The smallest absolute Gasteiger partial charge is 0.282 e. The molecule has 0 radical (unpaired) electrons. The summed E-state index contributed by atoms with van der Waals surface area (Å²) >= 11 is 5.97. The first-order valence-electron chi connectivity index (χ1n) is 7.23. The lowest BCUT2D eigenvalue weighted by Gasteiger charge is -2.19. The van der Waals surface area contributed by atoms with E-state index in [1.165, 1.54) is 47.4 Å². The van der Waals surface area contributed by atoms with Crippen molar-refractivity contribution in [2.24, 2.45) is 0 Å². The van der Waals surface area contributed by atoms with Gasteiger partial charge in [-0.15, -0.1) is 0 Å². The third-order valence-corrected chi connectivity index (χ3v) is 4.28. The molecule has 124 valence electrons. The zero-order valence-electron chi connectivity index (χ0n) is 12.7. The molecule has 1 atom stereocenters. The highest BCUT2D eigenvalue weighted by molar-refractivity contribution is 6.31. The molecule has 3 amide bonds. The Kier molecular flexibility index (Phi) is 4.24. The maximum atomic E-state index is 13.9. The van der Waals surface area contributed by atoms with Crippen LogP contribution in [0.15, 0.2) is 42.5 Å². The molecule has 0 aliphatic carbocycles. The highest BCUT2D eigenvalue weighted by Crippen LogP contribution is 2.29. The molecule has 3 rings (SSSR count). The minimum Gasteiger partial charge on any atom is -0.282 e. The highest BCUT2D eigenvalue weighted by Gasteiger charge is 2.43. The minimum absolute atomic E-state index is 0.0778. The van der Waals surface area contributed by atoms with Crippen molar-refractivity contribution in [3.05, 3.63) is 64.7 Å². The van der Waals surface area contributed by atoms with Gasteiger partial charge < -0.3 is 0 Å². The Labute approximate surface area is 142 Å². The molecular weight excluding hydrogens is 338 g/mol. The molecule has 0 spiro atoms. The number of urea groups is 1. The Morgan fingerprint density at radius 1 is 1.08 bits per heavy atom. The van der Waals surface area contributed by atoms with Crippen molar-refractivity contribution in [1.29, 1.82) is 0 Å². The van der Waals surface area contributed by atoms with E-state index >= 15 is 0 Å². The molecule has 2 aromatic carbocycles. The number of carbonyl (C=O) groups is 2. The van der Waals surface area contributed by atoms with Gasteiger partial charge in [-0.1, -0.05) is 17.7 Å². The SMILES string of the molecule is C[C@@H]1C(=O)N(Cc2c(F)cccc2Cl)C(=O)N1c1ccc(F)cc1. The molecule has 4 nitrogen and oxygen atoms in total. The van der Waals surface area contributed by atoms with Crippen molar-refractivity contribution < 1.29 is 18.4 Å². The zero-order valence-corrected chi connectivity index (χ0v) is 13.4. The molecule has 7 heteroatoms. The van der Waals surface area contributed by atoms with Crippen LogP contribution in [-0.4, -0.2) is 22.9 Å². The molecule has 1 aliphatic rings. The Hall–Kier alpha value is -2.47. The first-order chi connectivity index (χ1) is 11.4. The van der Waals surface area contributed by atoms with Crippen molar-refractivity contribution >= 4 is 29.2 Å². The molecule has 0 N–H and O–H groups in total. The van der Waals surface area contributed by atoms with Gasteiger partial charge in [0.05, 0.1) is 6.54 Å². The van der Waals surface area contributed by atoms with Crippen LogP contribution in [0.3, 0.4) is 0 Å². The second-order valence-electron chi connectivity index (χ2n) is 5.43. The second-order valence-corrected chi connectivity index (χ2v) is 5.84. The molecule has 0 bridgehead atoms. The second kappa shape index (κ2) is 6.20. The molecule has 0 saturated carbocycles. The van der Waals surface area contributed by atoms with E-state index in [4.69, 9.17) is 11.6 Å². The van der Waals surface area contributed by atoms with Crippen molar-refractivity contribution in [2.45, 2.75) is 19.5 Å². The summed E-state index contributed by atoms with van der Waals surface area (Å²) in [7, 11) is 0. The highest BCUT2D eigenvalue weighted by atomic mass is 35.5. The first-order valence-corrected chi connectivity index (χ1v) is 7.61. The van der Waals surface area contributed by atoms with Gasteiger partial charge in [0.1, 0.15) is 17.7 Å². The minimum atomic E-state index is -0.770. The predicted molar refractivity (Wildman–Crippen MR) is 85.7 cm³/mol. The molecule has 24 heavy (non-hydrogen) atoms. The van der Waals surface area contributed by atoms with E-state index in [2.05, 4.69) is 0 Å². The van der Waals surface area contributed by atoms with Crippen LogP contribution in [0.5, 0.6) is 0 Å². The number of hydrogen-bond donors (Lipinski definition) is 0. The Bertz CT molecular complexity index is 790. The van der Waals surface area contributed by atoms with Crippen molar-refractivity contribution in [3.63, 3.8) is 0 Å². The van der Waals surface area contributed by atoms with E-state index in [1.807, 2.05) is 0 Å². The molecule has 1 saturated heterocycles. The summed E-state index contributed by atoms with van der Waals surface area (Å²) in [6.07, 6.45) is 0. The zero-order chi connectivity index (χ0) is 17.4. The van der Waals surface area contributed by atoms with Gasteiger partial charge in [0.25, 0.3) is 5.91 Å². The van der Waals surface area contributed by atoms with Crippen molar-refractivity contribution in [3.8, 4) is 0 Å². The molecule has 1 heterocycles. The van der Waals surface area contributed by atoms with E-state index in [0.29, 0.717) is 5.69 Å². The summed E-state index contributed by atoms with van der Waals surface area (Å²) in [6, 6.07) is 8.02. The summed E-state index contributed by atoms with van der Waals surface area (Å²) in [5, 5.41) is 0.142. The fourth-order valence-electron chi connectivity index (χ4n) is 2.65. The van der Waals surface area contributed by atoms with Crippen LogP contribution in [0.2, 0.25) is 5.02 Å². The van der Waals surface area contributed by atoms with Gasteiger partial charge in [0.15, 0.2) is 0 Å². The van der Waals surface area contributed by atoms with E-state index < -0.39 is 29.6 Å². The average molecular weight is 351 g/mol. The largest absolute Gasteiger partial charge is 0.332 e. The van der Waals surface area contributed by atoms with Gasteiger partial charge in [0, 0.05) is 16.3 Å². The van der Waals surface area contributed by atoms with Crippen LogP contribution < -0.4 is 4.90 Å². The first kappa shape index (κ1) is 16.4. The third kappa shape index (κ3) is 2.73. The molecule has 2 aromatic rings. The quantitative estimate of drug-likeness (QED) is 0.786. The number of anilines is 1.